The molecule has 0 fully saturated rings. The van der Waals surface area contributed by atoms with Crippen molar-refractivity contribution < 1.29 is 4.79 Å². The first kappa shape index (κ1) is 18.3. The number of aromatic nitrogens is 4. The number of carbonyl (C=O) groups is 1. The van der Waals surface area contributed by atoms with Crippen molar-refractivity contribution in [3.8, 4) is 11.8 Å². The summed E-state index contributed by atoms with van der Waals surface area (Å²) in [6, 6.07) is 10.1. The normalized spacial score (nSPS) is 11.9. The summed E-state index contributed by atoms with van der Waals surface area (Å²) in [5.41, 5.74) is 2.93. The van der Waals surface area contributed by atoms with Gasteiger partial charge >= 0.3 is 0 Å². The number of aryl methyl sites for hydroxylation is 3. The van der Waals surface area contributed by atoms with Gasteiger partial charge in [0.05, 0.1) is 11.8 Å². The van der Waals surface area contributed by atoms with E-state index < -0.39 is 5.92 Å². The molecule has 3 rings (SSSR count). The number of nitrogens with zero attached hydrogens (tertiary/aromatic N) is 5. The Kier molecular flexibility index (Phi) is 5.49. The highest BCUT2D eigenvalue weighted by molar-refractivity contribution is 7.99. The number of Topliss-reactive ketones (excluding diaryl/α,β-unsaturated/α-hetero) is 1. The third-order valence-electron chi connectivity index (χ3n) is 3.77. The first-order valence-corrected chi connectivity index (χ1v) is 9.82. The van der Waals surface area contributed by atoms with Gasteiger partial charge in [-0.05, 0) is 32.9 Å². The van der Waals surface area contributed by atoms with Crippen molar-refractivity contribution in [1.29, 1.82) is 5.26 Å². The Morgan fingerprint density at radius 3 is 2.62 bits per heavy atom. The summed E-state index contributed by atoms with van der Waals surface area (Å²) >= 11 is 2.63. The van der Waals surface area contributed by atoms with Gasteiger partial charge in [0.15, 0.2) is 16.9 Å². The lowest BCUT2D eigenvalue weighted by atomic mass is 10.1. The van der Waals surface area contributed by atoms with Gasteiger partial charge in [-0.3, -0.25) is 9.36 Å². The fraction of sp³-hybridized carbons (Fsp3) is 0.278. The highest BCUT2D eigenvalue weighted by Crippen LogP contribution is 2.26. The Hall–Kier alpha value is -2.50. The molecule has 26 heavy (non-hydrogen) atoms. The Bertz CT molecular complexity index is 968. The highest BCUT2D eigenvalue weighted by Gasteiger charge is 2.24. The van der Waals surface area contributed by atoms with Crippen molar-refractivity contribution in [1.82, 2.24) is 19.7 Å². The zero-order valence-electron chi connectivity index (χ0n) is 14.6. The lowest BCUT2D eigenvalue weighted by Crippen LogP contribution is -2.13. The number of carbonyl (C=O) groups excluding carboxylic acids is 1. The number of ketones is 1. The maximum Gasteiger partial charge on any atom is 0.196 e. The minimum absolute atomic E-state index is 0.140. The van der Waals surface area contributed by atoms with Crippen LogP contribution in [0.4, 0.5) is 0 Å². The first-order valence-electron chi connectivity index (χ1n) is 7.96. The van der Waals surface area contributed by atoms with Gasteiger partial charge in [0.2, 0.25) is 0 Å². The predicted molar refractivity (Wildman–Crippen MR) is 102 cm³/mol. The molecule has 0 aliphatic carbocycles. The summed E-state index contributed by atoms with van der Waals surface area (Å²) in [5.74, 6) is -0.127. The molecular formula is C18H17N5OS2. The molecule has 2 aromatic heterocycles. The lowest BCUT2D eigenvalue weighted by molar-refractivity contribution is -0.116. The molecule has 0 aliphatic heterocycles. The summed E-state index contributed by atoms with van der Waals surface area (Å²) in [7, 11) is 0. The van der Waals surface area contributed by atoms with E-state index in [-0.39, 0.29) is 11.5 Å². The molecule has 1 aromatic carbocycles. The molecular weight excluding hydrogens is 366 g/mol. The summed E-state index contributed by atoms with van der Waals surface area (Å²) in [6.45, 7) is 5.75. The van der Waals surface area contributed by atoms with Crippen molar-refractivity contribution in [3.63, 3.8) is 0 Å². The number of benzene rings is 1. The van der Waals surface area contributed by atoms with E-state index in [2.05, 4.69) is 21.3 Å². The van der Waals surface area contributed by atoms with Gasteiger partial charge in [0.25, 0.3) is 0 Å². The summed E-state index contributed by atoms with van der Waals surface area (Å²) in [6.07, 6.45) is 0. The molecule has 6 nitrogen and oxygen atoms in total. The molecule has 0 saturated heterocycles. The van der Waals surface area contributed by atoms with E-state index in [1.807, 2.05) is 55.0 Å². The second-order valence-corrected chi connectivity index (χ2v) is 7.68. The molecule has 2 heterocycles. The van der Waals surface area contributed by atoms with Crippen LogP contribution >= 0.6 is 23.1 Å². The molecule has 1 unspecified atom stereocenters. The van der Waals surface area contributed by atoms with Crippen LogP contribution in [0.1, 0.15) is 28.0 Å². The van der Waals surface area contributed by atoms with Crippen molar-refractivity contribution in [2.75, 3.05) is 5.75 Å². The maximum atomic E-state index is 12.5. The van der Waals surface area contributed by atoms with Crippen LogP contribution in [0, 0.1) is 32.1 Å². The molecule has 0 saturated carbocycles. The summed E-state index contributed by atoms with van der Waals surface area (Å²) in [5, 5.41) is 20.7. The number of hydrogen-bond donors (Lipinski definition) is 0. The van der Waals surface area contributed by atoms with Gasteiger partial charge in [0, 0.05) is 16.8 Å². The second kappa shape index (κ2) is 7.81. The van der Waals surface area contributed by atoms with Crippen LogP contribution in [0.15, 0.2) is 34.8 Å². The van der Waals surface area contributed by atoms with Gasteiger partial charge < -0.3 is 0 Å². The third-order valence-corrected chi connectivity index (χ3v) is 5.74. The van der Waals surface area contributed by atoms with Crippen LogP contribution in [-0.2, 0) is 4.79 Å². The highest BCUT2D eigenvalue weighted by atomic mass is 32.2. The molecule has 0 bridgehead atoms. The van der Waals surface area contributed by atoms with E-state index in [4.69, 9.17) is 0 Å². The van der Waals surface area contributed by atoms with Crippen LogP contribution in [0.2, 0.25) is 0 Å². The van der Waals surface area contributed by atoms with Crippen LogP contribution in [0.5, 0.6) is 0 Å². The average molecular weight is 384 g/mol. The van der Waals surface area contributed by atoms with E-state index in [0.717, 1.165) is 17.2 Å². The molecule has 0 amide bonds. The molecule has 0 aliphatic rings. The number of nitriles is 1. The Morgan fingerprint density at radius 2 is 2.00 bits per heavy atom. The van der Waals surface area contributed by atoms with Crippen molar-refractivity contribution in [2.45, 2.75) is 31.8 Å². The van der Waals surface area contributed by atoms with Gasteiger partial charge in [-0.2, -0.15) is 5.26 Å². The summed E-state index contributed by atoms with van der Waals surface area (Å²) in [4.78, 5) is 16.8. The fourth-order valence-electron chi connectivity index (χ4n) is 2.42. The minimum Gasteiger partial charge on any atom is -0.297 e. The van der Waals surface area contributed by atoms with Crippen LogP contribution < -0.4 is 0 Å². The van der Waals surface area contributed by atoms with E-state index in [9.17, 15) is 10.1 Å². The molecule has 0 N–H and O–H groups in total. The Morgan fingerprint density at radius 1 is 1.27 bits per heavy atom. The maximum absolute atomic E-state index is 12.5. The van der Waals surface area contributed by atoms with Crippen LogP contribution in [0.3, 0.4) is 0 Å². The quantitative estimate of drug-likeness (QED) is 0.605. The number of thiazole rings is 1. The molecule has 0 radical (unpaired) electrons. The van der Waals surface area contributed by atoms with Crippen LogP contribution in [0.25, 0.3) is 5.69 Å². The van der Waals surface area contributed by atoms with Crippen molar-refractivity contribution in [3.05, 3.63) is 51.7 Å². The zero-order chi connectivity index (χ0) is 18.7. The molecule has 132 valence electrons. The minimum atomic E-state index is -0.835. The molecule has 8 heteroatoms. The SMILES string of the molecule is Cc1ccc(-n2c(C)nnc2SCC(=O)C(C#N)c2nc(C)cs2)cc1. The lowest BCUT2D eigenvalue weighted by Gasteiger charge is -2.09. The standard InChI is InChI=1S/C18H17N5OS2/c1-11-4-6-14(7-5-11)23-13(3)21-22-18(23)26-10-16(24)15(8-19)17-20-12(2)9-25-17/h4-7,9,15H,10H2,1-3H3. The topological polar surface area (TPSA) is 84.5 Å². The summed E-state index contributed by atoms with van der Waals surface area (Å²) < 4.78 is 1.91. The van der Waals surface area contributed by atoms with Crippen LogP contribution in [-0.4, -0.2) is 31.3 Å². The van der Waals surface area contributed by atoms with Crippen molar-refractivity contribution >= 4 is 28.9 Å². The van der Waals surface area contributed by atoms with Gasteiger partial charge in [-0.25, -0.2) is 4.98 Å². The van der Waals surface area contributed by atoms with Gasteiger partial charge in [-0.15, -0.1) is 21.5 Å². The Labute approximate surface area is 159 Å². The van der Waals surface area contributed by atoms with Gasteiger partial charge in [0.1, 0.15) is 10.8 Å². The van der Waals surface area contributed by atoms with Crippen molar-refractivity contribution in [2.24, 2.45) is 0 Å². The Balaban J connectivity index is 1.77. The average Bonchev–Trinajstić information content (AvgIpc) is 3.20. The van der Waals surface area contributed by atoms with E-state index in [0.29, 0.717) is 10.2 Å². The number of hydrogen-bond acceptors (Lipinski definition) is 7. The zero-order valence-corrected chi connectivity index (χ0v) is 16.3. The molecule has 3 aromatic rings. The largest absolute Gasteiger partial charge is 0.297 e. The predicted octanol–water partition coefficient (Wildman–Crippen LogP) is 3.62. The first-order chi connectivity index (χ1) is 12.5. The second-order valence-electron chi connectivity index (χ2n) is 5.84. The third kappa shape index (κ3) is 3.84. The van der Waals surface area contributed by atoms with Gasteiger partial charge in [-0.1, -0.05) is 29.5 Å². The number of rotatable bonds is 6. The number of thioether (sulfide) groups is 1. The van der Waals surface area contributed by atoms with E-state index >= 15 is 0 Å². The molecule has 1 atom stereocenters. The van der Waals surface area contributed by atoms with E-state index in [1.54, 1.807) is 0 Å². The fourth-order valence-corrected chi connectivity index (χ4v) is 4.18. The van der Waals surface area contributed by atoms with E-state index in [1.165, 1.54) is 28.7 Å². The molecule has 0 spiro atoms. The monoisotopic (exact) mass is 383 g/mol. The smallest absolute Gasteiger partial charge is 0.196 e.